The molecule has 0 saturated carbocycles. The number of nitrogens with one attached hydrogen (secondary N) is 1. The normalized spacial score (nSPS) is 10.6. The van der Waals surface area contributed by atoms with Crippen LogP contribution in [0, 0.1) is 15.9 Å². The molecule has 1 heterocycles. The molecule has 3 rings (SSSR count). The average Bonchev–Trinajstić information content (AvgIpc) is 3.11. The summed E-state index contributed by atoms with van der Waals surface area (Å²) in [6.07, 6.45) is 1.65. The van der Waals surface area contributed by atoms with E-state index >= 15 is 0 Å². The second kappa shape index (κ2) is 9.63. The highest BCUT2D eigenvalue weighted by Crippen LogP contribution is 2.26. The number of aromatic nitrogens is 3. The molecule has 30 heavy (non-hydrogen) atoms. The van der Waals surface area contributed by atoms with Gasteiger partial charge in [-0.1, -0.05) is 33.8 Å². The van der Waals surface area contributed by atoms with Crippen molar-refractivity contribution in [2.24, 2.45) is 0 Å². The minimum Gasteiger partial charge on any atom is -0.323 e. The summed E-state index contributed by atoms with van der Waals surface area (Å²) >= 11 is 4.30. The van der Waals surface area contributed by atoms with Crippen molar-refractivity contribution in [2.75, 3.05) is 11.1 Å². The number of non-ortho nitro benzene ring substituents is 1. The zero-order valence-corrected chi connectivity index (χ0v) is 17.8. The minimum absolute atomic E-state index is 0.00889. The fourth-order valence-electron chi connectivity index (χ4n) is 2.54. The third-order valence-corrected chi connectivity index (χ3v) is 5.36. The van der Waals surface area contributed by atoms with Gasteiger partial charge < -0.3 is 5.32 Å². The summed E-state index contributed by atoms with van der Waals surface area (Å²) < 4.78 is 16.2. The van der Waals surface area contributed by atoms with Crippen LogP contribution in [0.2, 0.25) is 0 Å². The van der Waals surface area contributed by atoms with Gasteiger partial charge in [0.25, 0.3) is 5.69 Å². The van der Waals surface area contributed by atoms with Crippen LogP contribution in [0.4, 0.5) is 15.8 Å². The van der Waals surface area contributed by atoms with Crippen molar-refractivity contribution >= 4 is 45.0 Å². The Hall–Kier alpha value is -3.05. The molecule has 0 radical (unpaired) electrons. The van der Waals surface area contributed by atoms with Gasteiger partial charge in [-0.3, -0.25) is 19.5 Å². The second-order valence-electron chi connectivity index (χ2n) is 5.97. The van der Waals surface area contributed by atoms with Gasteiger partial charge in [-0.25, -0.2) is 4.39 Å². The number of carbonyl (C=O) groups excluding carboxylic acids is 1. The maximum absolute atomic E-state index is 13.9. The van der Waals surface area contributed by atoms with Gasteiger partial charge in [0.1, 0.15) is 5.82 Å². The Morgan fingerprint density at radius 2 is 2.03 bits per heavy atom. The van der Waals surface area contributed by atoms with Gasteiger partial charge in [0.05, 0.1) is 16.4 Å². The second-order valence-corrected chi connectivity index (χ2v) is 7.83. The number of allylic oxidation sites excluding steroid dienone is 1. The molecule has 1 amide bonds. The number of rotatable bonds is 8. The van der Waals surface area contributed by atoms with Crippen LogP contribution in [0.5, 0.6) is 0 Å². The van der Waals surface area contributed by atoms with Crippen molar-refractivity contribution < 1.29 is 14.1 Å². The summed E-state index contributed by atoms with van der Waals surface area (Å²) in [6.45, 7) is 4.10. The molecule has 2 aromatic carbocycles. The molecule has 3 aromatic rings. The van der Waals surface area contributed by atoms with E-state index in [0.717, 1.165) is 11.8 Å². The summed E-state index contributed by atoms with van der Waals surface area (Å²) in [7, 11) is 0. The van der Waals surface area contributed by atoms with E-state index in [1.54, 1.807) is 28.8 Å². The van der Waals surface area contributed by atoms with Crippen molar-refractivity contribution in [2.45, 2.75) is 11.7 Å². The van der Waals surface area contributed by atoms with Crippen molar-refractivity contribution in [1.82, 2.24) is 14.8 Å². The Morgan fingerprint density at radius 3 is 2.67 bits per heavy atom. The van der Waals surface area contributed by atoms with E-state index in [2.05, 4.69) is 38.0 Å². The van der Waals surface area contributed by atoms with Crippen LogP contribution in [0.25, 0.3) is 11.4 Å². The van der Waals surface area contributed by atoms with E-state index in [9.17, 15) is 19.3 Å². The van der Waals surface area contributed by atoms with Gasteiger partial charge in [0, 0.05) is 28.7 Å². The molecular weight excluding hydrogens is 477 g/mol. The Labute approximate surface area is 183 Å². The number of benzene rings is 2. The quantitative estimate of drug-likeness (QED) is 0.212. The first-order valence-electron chi connectivity index (χ1n) is 8.55. The molecule has 0 aliphatic heterocycles. The lowest BCUT2D eigenvalue weighted by molar-refractivity contribution is -0.384. The number of nitro groups is 1. The standard InChI is InChI=1S/C19H15BrFN5O3S/c1-2-9-25-18(12-3-6-14(7-4-12)26(28)29)23-24-19(25)30-11-17(27)22-16-8-5-13(20)10-15(16)21/h2-8,10H,1,9,11H2,(H,22,27). The van der Waals surface area contributed by atoms with Gasteiger partial charge in [-0.2, -0.15) is 0 Å². The molecule has 0 unspecified atom stereocenters. The molecule has 1 aromatic heterocycles. The topological polar surface area (TPSA) is 103 Å². The first-order chi connectivity index (χ1) is 14.4. The number of amides is 1. The number of nitrogens with zero attached hydrogens (tertiary/aromatic N) is 4. The van der Waals surface area contributed by atoms with Crippen LogP contribution in [0.15, 0.2) is 64.7 Å². The first kappa shape index (κ1) is 21.7. The number of anilines is 1. The van der Waals surface area contributed by atoms with Crippen molar-refractivity contribution in [3.63, 3.8) is 0 Å². The van der Waals surface area contributed by atoms with Crippen molar-refractivity contribution in [3.05, 3.63) is 75.5 Å². The van der Waals surface area contributed by atoms with Crippen molar-refractivity contribution in [1.29, 1.82) is 0 Å². The van der Waals surface area contributed by atoms with Crippen LogP contribution in [0.1, 0.15) is 0 Å². The number of hydrogen-bond donors (Lipinski definition) is 1. The van der Waals surface area contributed by atoms with Gasteiger partial charge in [-0.15, -0.1) is 16.8 Å². The van der Waals surface area contributed by atoms with E-state index < -0.39 is 16.6 Å². The molecule has 8 nitrogen and oxygen atoms in total. The number of hydrogen-bond acceptors (Lipinski definition) is 6. The molecule has 0 fully saturated rings. The van der Waals surface area contributed by atoms with Crippen LogP contribution < -0.4 is 5.32 Å². The summed E-state index contributed by atoms with van der Waals surface area (Å²) in [4.78, 5) is 22.6. The molecule has 0 aliphatic rings. The third kappa shape index (κ3) is 5.10. The maximum atomic E-state index is 13.9. The summed E-state index contributed by atoms with van der Waals surface area (Å²) in [5, 5.41) is 22.1. The first-order valence-corrected chi connectivity index (χ1v) is 10.3. The SMILES string of the molecule is C=CCn1c(SCC(=O)Nc2ccc(Br)cc2F)nnc1-c1ccc([N+](=O)[O-])cc1. The molecule has 11 heteroatoms. The molecule has 1 N–H and O–H groups in total. The van der Waals surface area contributed by atoms with Gasteiger partial charge in [-0.05, 0) is 30.3 Å². The molecular formula is C19H15BrFN5O3S. The fourth-order valence-corrected chi connectivity index (χ4v) is 3.62. The Bertz CT molecular complexity index is 1100. The van der Waals surface area contributed by atoms with Crippen LogP contribution in [-0.4, -0.2) is 31.3 Å². The molecule has 0 saturated heterocycles. The summed E-state index contributed by atoms with van der Waals surface area (Å²) in [5.74, 6) is -0.457. The van der Waals surface area contributed by atoms with Crippen molar-refractivity contribution in [3.8, 4) is 11.4 Å². The Kier molecular flexibility index (Phi) is 6.95. The van der Waals surface area contributed by atoms with E-state index in [4.69, 9.17) is 0 Å². The highest BCUT2D eigenvalue weighted by Gasteiger charge is 2.16. The predicted molar refractivity (Wildman–Crippen MR) is 116 cm³/mol. The summed E-state index contributed by atoms with van der Waals surface area (Å²) in [6, 6.07) is 10.3. The molecule has 0 spiro atoms. The third-order valence-electron chi connectivity index (χ3n) is 3.90. The van der Waals surface area contributed by atoms with E-state index in [1.165, 1.54) is 24.3 Å². The fraction of sp³-hybridized carbons (Fsp3) is 0.105. The van der Waals surface area contributed by atoms with E-state index in [-0.39, 0.29) is 17.1 Å². The van der Waals surface area contributed by atoms with Gasteiger partial charge in [0.2, 0.25) is 5.91 Å². The lowest BCUT2D eigenvalue weighted by atomic mass is 10.2. The van der Waals surface area contributed by atoms with E-state index in [1.807, 2.05) is 0 Å². The lowest BCUT2D eigenvalue weighted by Crippen LogP contribution is -2.15. The zero-order chi connectivity index (χ0) is 21.7. The number of nitro benzene ring substituents is 1. The average molecular weight is 492 g/mol. The van der Waals surface area contributed by atoms with Gasteiger partial charge in [0.15, 0.2) is 11.0 Å². The Balaban J connectivity index is 1.73. The molecule has 0 aliphatic carbocycles. The highest BCUT2D eigenvalue weighted by atomic mass is 79.9. The molecule has 0 atom stereocenters. The molecule has 0 bridgehead atoms. The predicted octanol–water partition coefficient (Wildman–Crippen LogP) is 4.67. The zero-order valence-electron chi connectivity index (χ0n) is 15.4. The van der Waals surface area contributed by atoms with Gasteiger partial charge >= 0.3 is 0 Å². The highest BCUT2D eigenvalue weighted by molar-refractivity contribution is 9.10. The minimum atomic E-state index is -0.544. The smallest absolute Gasteiger partial charge is 0.269 e. The van der Waals surface area contributed by atoms with Crippen LogP contribution >= 0.6 is 27.7 Å². The summed E-state index contributed by atoms with van der Waals surface area (Å²) in [5.41, 5.74) is 0.700. The number of halogens is 2. The van der Waals surface area contributed by atoms with Crippen LogP contribution in [0.3, 0.4) is 0 Å². The lowest BCUT2D eigenvalue weighted by Gasteiger charge is -2.09. The molecule has 154 valence electrons. The van der Waals surface area contributed by atoms with E-state index in [0.29, 0.717) is 27.6 Å². The largest absolute Gasteiger partial charge is 0.323 e. The monoisotopic (exact) mass is 491 g/mol. The number of thioether (sulfide) groups is 1. The number of carbonyl (C=O) groups is 1. The Morgan fingerprint density at radius 1 is 1.30 bits per heavy atom. The van der Waals surface area contributed by atoms with Crippen LogP contribution in [-0.2, 0) is 11.3 Å². The maximum Gasteiger partial charge on any atom is 0.269 e.